The van der Waals surface area contributed by atoms with E-state index in [1.165, 1.54) is 5.56 Å². The highest BCUT2D eigenvalue weighted by Crippen LogP contribution is 2.44. The quantitative estimate of drug-likeness (QED) is 0.571. The van der Waals surface area contributed by atoms with Gasteiger partial charge in [-0.05, 0) is 37.5 Å². The maximum absolute atomic E-state index is 13.1. The predicted molar refractivity (Wildman–Crippen MR) is 119 cm³/mol. The minimum atomic E-state index is -0.247. The average Bonchev–Trinajstić information content (AvgIpc) is 3.24. The summed E-state index contributed by atoms with van der Waals surface area (Å²) < 4.78 is 18.6. The average molecular weight is 420 g/mol. The molecule has 0 saturated carbocycles. The summed E-state index contributed by atoms with van der Waals surface area (Å²) in [5.74, 6) is 0.374. The molecule has 2 saturated heterocycles. The van der Waals surface area contributed by atoms with Gasteiger partial charge in [0, 0.05) is 37.9 Å². The summed E-state index contributed by atoms with van der Waals surface area (Å²) in [4.78, 5) is 15.0. The number of nitrogens with zero attached hydrogens (tertiary/aromatic N) is 1. The van der Waals surface area contributed by atoms with Gasteiger partial charge in [-0.3, -0.25) is 4.79 Å². The van der Waals surface area contributed by atoms with Crippen LogP contribution in [0.1, 0.15) is 54.8 Å². The van der Waals surface area contributed by atoms with E-state index in [2.05, 4.69) is 24.3 Å². The molecule has 1 amide bonds. The van der Waals surface area contributed by atoms with E-state index < -0.39 is 0 Å². The van der Waals surface area contributed by atoms with Crippen molar-refractivity contribution in [2.45, 2.75) is 50.4 Å². The molecular weight excluding hydrogens is 390 g/mol. The topological polar surface area (TPSA) is 51.9 Å². The van der Waals surface area contributed by atoms with Crippen LogP contribution in [0.2, 0.25) is 0 Å². The van der Waals surface area contributed by atoms with Crippen LogP contribution in [0.15, 0.2) is 65.1 Å². The molecule has 3 heterocycles. The van der Waals surface area contributed by atoms with Gasteiger partial charge in [0.2, 0.25) is 0 Å². The van der Waals surface area contributed by atoms with Crippen molar-refractivity contribution >= 4 is 16.9 Å². The Balaban J connectivity index is 1.30. The summed E-state index contributed by atoms with van der Waals surface area (Å²) >= 11 is 0. The van der Waals surface area contributed by atoms with Crippen molar-refractivity contribution in [2.75, 3.05) is 19.7 Å². The van der Waals surface area contributed by atoms with Crippen LogP contribution in [-0.4, -0.2) is 42.2 Å². The van der Waals surface area contributed by atoms with Gasteiger partial charge in [-0.15, -0.1) is 0 Å². The predicted octanol–water partition coefficient (Wildman–Crippen LogP) is 5.36. The number of carbonyl (C=O) groups is 1. The molecule has 0 unspecified atom stereocenters. The van der Waals surface area contributed by atoms with E-state index in [9.17, 15) is 4.79 Å². The van der Waals surface area contributed by atoms with Gasteiger partial charge >= 0.3 is 0 Å². The first-order valence-corrected chi connectivity index (χ1v) is 11.3. The molecule has 5 nitrogen and oxygen atoms in total. The highest BCUT2D eigenvalue weighted by Gasteiger charge is 2.45. The first-order valence-electron chi connectivity index (χ1n) is 11.3. The largest absolute Gasteiger partial charge is 0.451 e. The Kier molecular flexibility index (Phi) is 5.55. The fraction of sp³-hybridized carbons (Fsp3) is 0.423. The van der Waals surface area contributed by atoms with Crippen LogP contribution in [0, 0.1) is 0 Å². The van der Waals surface area contributed by atoms with Crippen LogP contribution >= 0.6 is 0 Å². The van der Waals surface area contributed by atoms with Crippen LogP contribution in [0.5, 0.6) is 0 Å². The number of benzene rings is 2. The number of ether oxygens (including phenoxy) is 2. The van der Waals surface area contributed by atoms with Gasteiger partial charge in [0.1, 0.15) is 5.58 Å². The van der Waals surface area contributed by atoms with Crippen molar-refractivity contribution < 1.29 is 18.7 Å². The van der Waals surface area contributed by atoms with Gasteiger partial charge in [0.25, 0.3) is 5.91 Å². The second kappa shape index (κ2) is 8.48. The minimum absolute atomic E-state index is 0.0316. The molecule has 2 atom stereocenters. The lowest BCUT2D eigenvalue weighted by Crippen LogP contribution is -2.52. The van der Waals surface area contributed by atoms with E-state index in [0.29, 0.717) is 25.5 Å². The number of hydrogen-bond acceptors (Lipinski definition) is 4. The van der Waals surface area contributed by atoms with E-state index in [0.717, 1.165) is 36.7 Å². The van der Waals surface area contributed by atoms with Crippen molar-refractivity contribution in [1.82, 2.24) is 4.90 Å². The van der Waals surface area contributed by atoms with Crippen LogP contribution in [0.25, 0.3) is 11.0 Å². The molecule has 5 rings (SSSR count). The third-order valence-electron chi connectivity index (χ3n) is 6.64. The van der Waals surface area contributed by atoms with Gasteiger partial charge in [0.05, 0.1) is 17.8 Å². The Labute approximate surface area is 182 Å². The van der Waals surface area contributed by atoms with Crippen LogP contribution in [0.3, 0.4) is 0 Å². The van der Waals surface area contributed by atoms with E-state index in [4.69, 9.17) is 13.9 Å². The third kappa shape index (κ3) is 4.12. The maximum atomic E-state index is 13.1. The normalized spacial score (nSPS) is 23.3. The lowest BCUT2D eigenvalue weighted by Gasteiger charge is -2.48. The van der Waals surface area contributed by atoms with Crippen molar-refractivity contribution in [1.29, 1.82) is 0 Å². The Morgan fingerprint density at radius 1 is 1.10 bits per heavy atom. The van der Waals surface area contributed by atoms with Crippen LogP contribution in [-0.2, 0) is 9.47 Å². The number of piperidine rings is 1. The number of likely N-dealkylation sites (tertiary alicyclic amines) is 1. The molecule has 2 aliphatic rings. The molecule has 0 bridgehead atoms. The maximum Gasteiger partial charge on any atom is 0.289 e. The molecule has 5 heteroatoms. The second-order valence-electron chi connectivity index (χ2n) is 8.66. The SMILES string of the molecule is CCO[C@@H]1C[C@H](c2ccccc2)OC2(CCN(C(=O)c3cc4ccccc4o3)CC2)C1. The van der Waals surface area contributed by atoms with Gasteiger partial charge in [-0.1, -0.05) is 48.5 Å². The molecule has 162 valence electrons. The Hall–Kier alpha value is -2.63. The fourth-order valence-electron chi connectivity index (χ4n) is 5.05. The lowest BCUT2D eigenvalue weighted by atomic mass is 9.80. The standard InChI is InChI=1S/C26H29NO4/c1-2-29-21-17-23(19-8-4-3-5-9-19)31-26(18-21)12-14-27(15-13-26)25(28)24-16-20-10-6-7-11-22(20)30-24/h3-11,16,21,23H,2,12-15,17-18H2,1H3/t21-,23-/m1/s1. The zero-order valence-corrected chi connectivity index (χ0v) is 18.0. The molecule has 0 aliphatic carbocycles. The number of amides is 1. The van der Waals surface area contributed by atoms with Crippen molar-refractivity contribution in [3.8, 4) is 0 Å². The monoisotopic (exact) mass is 419 g/mol. The molecule has 31 heavy (non-hydrogen) atoms. The first kappa shape index (κ1) is 20.3. The summed E-state index contributed by atoms with van der Waals surface area (Å²) in [5, 5.41) is 0.959. The molecule has 0 N–H and O–H groups in total. The zero-order chi connectivity index (χ0) is 21.3. The number of fused-ring (bicyclic) bond motifs is 1. The Morgan fingerprint density at radius 3 is 2.58 bits per heavy atom. The summed E-state index contributed by atoms with van der Waals surface area (Å²) in [7, 11) is 0. The minimum Gasteiger partial charge on any atom is -0.451 e. The second-order valence-corrected chi connectivity index (χ2v) is 8.66. The molecule has 1 aromatic heterocycles. The van der Waals surface area contributed by atoms with Crippen molar-refractivity contribution in [3.05, 3.63) is 72.0 Å². The van der Waals surface area contributed by atoms with E-state index in [1.807, 2.05) is 48.2 Å². The number of furan rings is 1. The molecular formula is C26H29NO4. The summed E-state index contributed by atoms with van der Waals surface area (Å²) in [5.41, 5.74) is 1.70. The number of hydrogen-bond donors (Lipinski definition) is 0. The fourth-order valence-corrected chi connectivity index (χ4v) is 5.05. The van der Waals surface area contributed by atoms with Crippen molar-refractivity contribution in [2.24, 2.45) is 0 Å². The van der Waals surface area contributed by atoms with Gasteiger partial charge < -0.3 is 18.8 Å². The zero-order valence-electron chi connectivity index (χ0n) is 18.0. The summed E-state index contributed by atoms with van der Waals surface area (Å²) in [6, 6.07) is 20.0. The first-order chi connectivity index (χ1) is 15.2. The van der Waals surface area contributed by atoms with Gasteiger partial charge in [-0.2, -0.15) is 0 Å². The van der Waals surface area contributed by atoms with E-state index in [1.54, 1.807) is 0 Å². The highest BCUT2D eigenvalue weighted by atomic mass is 16.5. The van der Waals surface area contributed by atoms with Crippen LogP contribution in [0.4, 0.5) is 0 Å². The highest BCUT2D eigenvalue weighted by molar-refractivity contribution is 5.96. The van der Waals surface area contributed by atoms with Crippen LogP contribution < -0.4 is 0 Å². The van der Waals surface area contributed by atoms with E-state index >= 15 is 0 Å². The molecule has 0 radical (unpaired) electrons. The smallest absolute Gasteiger partial charge is 0.289 e. The Morgan fingerprint density at radius 2 is 1.84 bits per heavy atom. The molecule has 2 aromatic carbocycles. The number of carbonyl (C=O) groups excluding carboxylic acids is 1. The molecule has 2 fully saturated rings. The number of rotatable bonds is 4. The van der Waals surface area contributed by atoms with Crippen molar-refractivity contribution in [3.63, 3.8) is 0 Å². The molecule has 1 spiro atoms. The van der Waals surface area contributed by atoms with E-state index in [-0.39, 0.29) is 23.7 Å². The Bertz CT molecular complexity index is 1000. The summed E-state index contributed by atoms with van der Waals surface area (Å²) in [6.45, 7) is 4.08. The lowest BCUT2D eigenvalue weighted by molar-refractivity contribution is -0.190. The third-order valence-corrected chi connectivity index (χ3v) is 6.64. The molecule has 3 aromatic rings. The molecule has 2 aliphatic heterocycles. The van der Waals surface area contributed by atoms with Gasteiger partial charge in [0.15, 0.2) is 5.76 Å². The van der Waals surface area contributed by atoms with Gasteiger partial charge in [-0.25, -0.2) is 0 Å². The summed E-state index contributed by atoms with van der Waals surface area (Å²) in [6.07, 6.45) is 3.60. The number of para-hydroxylation sites is 1.